The lowest BCUT2D eigenvalue weighted by molar-refractivity contribution is 1.11. The number of aryl methyl sites for hydroxylation is 2. The molecule has 0 aliphatic rings. The molecule has 1 heteroatoms. The maximum Gasteiger partial charge on any atom is -0.00597 e. The van der Waals surface area contributed by atoms with Crippen molar-refractivity contribution < 1.29 is 0 Å². The Balaban J connectivity index is 0.00000146. The quantitative estimate of drug-likeness (QED) is 0.571. The molecule has 2 rings (SSSR count). The molecule has 0 aliphatic heterocycles. The first-order valence-corrected chi connectivity index (χ1v) is 9.72. The number of allylic oxidation sites excluding steroid dienone is 3. The van der Waals surface area contributed by atoms with E-state index in [-0.39, 0.29) is 0 Å². The molecule has 0 amide bonds. The van der Waals surface area contributed by atoms with Crippen molar-refractivity contribution in [2.75, 3.05) is 0 Å². The summed E-state index contributed by atoms with van der Waals surface area (Å²) in [6.07, 6.45) is 4.52. The largest absolute Gasteiger partial charge is 0.405 e. The molecule has 2 N–H and O–H groups in total. The first kappa shape index (κ1) is 23.7. The van der Waals surface area contributed by atoms with Gasteiger partial charge in [-0.3, -0.25) is 0 Å². The van der Waals surface area contributed by atoms with Crippen molar-refractivity contribution in [3.63, 3.8) is 0 Å². The molecule has 1 nitrogen and oxygen atoms in total. The fourth-order valence-electron chi connectivity index (χ4n) is 2.73. The Labute approximate surface area is 161 Å². The monoisotopic (exact) mass is 351 g/mol. The van der Waals surface area contributed by atoms with E-state index in [1.165, 1.54) is 39.0 Å². The second kappa shape index (κ2) is 13.0. The molecule has 0 fully saturated rings. The lowest BCUT2D eigenvalue weighted by Gasteiger charge is -2.09. The van der Waals surface area contributed by atoms with Crippen LogP contribution in [0.5, 0.6) is 0 Å². The summed E-state index contributed by atoms with van der Waals surface area (Å²) >= 11 is 0. The Kier molecular flexibility index (Phi) is 11.9. The number of hydrogen-bond donors (Lipinski definition) is 1. The third kappa shape index (κ3) is 7.74. The van der Waals surface area contributed by atoms with Gasteiger partial charge in [0.05, 0.1) is 0 Å². The van der Waals surface area contributed by atoms with Crippen LogP contribution in [-0.2, 0) is 6.42 Å². The zero-order chi connectivity index (χ0) is 20.1. The van der Waals surface area contributed by atoms with E-state index in [2.05, 4.69) is 70.2 Å². The van der Waals surface area contributed by atoms with Crippen LogP contribution in [0.15, 0.2) is 65.9 Å². The normalized spacial score (nSPS) is 11.1. The highest BCUT2D eigenvalue weighted by Crippen LogP contribution is 2.24. The Morgan fingerprint density at radius 3 is 1.96 bits per heavy atom. The molecule has 0 heterocycles. The Morgan fingerprint density at radius 1 is 0.846 bits per heavy atom. The van der Waals surface area contributed by atoms with Crippen LogP contribution in [0.2, 0.25) is 0 Å². The molecule has 142 valence electrons. The van der Waals surface area contributed by atoms with Crippen molar-refractivity contribution in [3.8, 4) is 11.1 Å². The van der Waals surface area contributed by atoms with Gasteiger partial charge >= 0.3 is 0 Å². The van der Waals surface area contributed by atoms with Gasteiger partial charge in [0.2, 0.25) is 0 Å². The first-order chi connectivity index (χ1) is 12.5. The van der Waals surface area contributed by atoms with Crippen LogP contribution in [0.4, 0.5) is 0 Å². The summed E-state index contributed by atoms with van der Waals surface area (Å²) < 4.78 is 0. The second-order valence-corrected chi connectivity index (χ2v) is 6.08. The smallest absolute Gasteiger partial charge is 0.00597 e. The predicted octanol–water partition coefficient (Wildman–Crippen LogP) is 7.37. The van der Waals surface area contributed by atoms with Crippen molar-refractivity contribution in [2.45, 2.75) is 61.8 Å². The summed E-state index contributed by atoms with van der Waals surface area (Å²) in [4.78, 5) is 0. The fourth-order valence-corrected chi connectivity index (χ4v) is 2.73. The van der Waals surface area contributed by atoms with Crippen LogP contribution in [-0.4, -0.2) is 0 Å². The molecule has 0 atom stereocenters. The minimum Gasteiger partial charge on any atom is -0.405 e. The molecule has 0 bridgehead atoms. The van der Waals surface area contributed by atoms with Gasteiger partial charge in [-0.1, -0.05) is 92.4 Å². The van der Waals surface area contributed by atoms with Crippen molar-refractivity contribution in [3.05, 3.63) is 82.6 Å². The Morgan fingerprint density at radius 2 is 1.42 bits per heavy atom. The molecule has 0 spiro atoms. The number of nitrogens with two attached hydrogens (primary N) is 1. The minimum atomic E-state index is 0.953. The number of rotatable bonds is 4. The summed E-state index contributed by atoms with van der Waals surface area (Å²) in [6.45, 7) is 16.6. The van der Waals surface area contributed by atoms with Crippen molar-refractivity contribution in [2.24, 2.45) is 5.73 Å². The van der Waals surface area contributed by atoms with Gasteiger partial charge in [0, 0.05) is 0 Å². The standard InChI is InChI=1S/C21H25N.2C2H6/c1-15-10-16(2)12-21(11-15)20-7-5-6-19(14-20)13-18(4)17(3)8-9-22;2*1-2/h5-12,14H,13,22H2,1-4H3;2*1-2H3/b9-8-,18-17-;;. The molecule has 0 radical (unpaired) electrons. The van der Waals surface area contributed by atoms with Crippen molar-refractivity contribution >= 4 is 0 Å². The zero-order valence-electron chi connectivity index (χ0n) is 18.0. The second-order valence-electron chi connectivity index (χ2n) is 6.08. The van der Waals surface area contributed by atoms with E-state index in [9.17, 15) is 0 Å². The van der Waals surface area contributed by atoms with Crippen LogP contribution in [0.1, 0.15) is 58.2 Å². The summed E-state index contributed by atoms with van der Waals surface area (Å²) in [6, 6.07) is 15.5. The van der Waals surface area contributed by atoms with Gasteiger partial charge in [-0.15, -0.1) is 0 Å². The molecule has 0 aromatic heterocycles. The molecular weight excluding hydrogens is 314 g/mol. The number of benzene rings is 2. The van der Waals surface area contributed by atoms with Crippen LogP contribution in [0.25, 0.3) is 11.1 Å². The highest BCUT2D eigenvalue weighted by atomic mass is 14.5. The Bertz CT molecular complexity index is 700. The van der Waals surface area contributed by atoms with Gasteiger partial charge in [0.1, 0.15) is 0 Å². The molecule has 0 aliphatic carbocycles. The van der Waals surface area contributed by atoms with Gasteiger partial charge in [0.25, 0.3) is 0 Å². The SMILES string of the molecule is CC.CC.CC(/C=C\N)=C(\C)Cc1cccc(-c2cc(C)cc(C)c2)c1. The molecule has 2 aromatic rings. The zero-order valence-corrected chi connectivity index (χ0v) is 18.0. The molecule has 0 unspecified atom stereocenters. The maximum atomic E-state index is 5.47. The fraction of sp³-hybridized carbons (Fsp3) is 0.360. The van der Waals surface area contributed by atoms with Crippen molar-refractivity contribution in [1.29, 1.82) is 0 Å². The van der Waals surface area contributed by atoms with Crippen molar-refractivity contribution in [1.82, 2.24) is 0 Å². The molecule has 2 aromatic carbocycles. The predicted molar refractivity (Wildman–Crippen MR) is 119 cm³/mol. The van der Waals surface area contributed by atoms with Crippen LogP contribution in [0, 0.1) is 13.8 Å². The van der Waals surface area contributed by atoms with Gasteiger partial charge in [-0.25, -0.2) is 0 Å². The molecule has 0 saturated heterocycles. The highest BCUT2D eigenvalue weighted by Gasteiger charge is 2.03. The van der Waals surface area contributed by atoms with Gasteiger partial charge in [-0.2, -0.15) is 0 Å². The van der Waals surface area contributed by atoms with E-state index in [1.807, 2.05) is 33.8 Å². The van der Waals surface area contributed by atoms with E-state index >= 15 is 0 Å². The summed E-state index contributed by atoms with van der Waals surface area (Å²) in [5.41, 5.74) is 14.6. The molecular formula is C25H37N. The van der Waals surface area contributed by atoms with Crippen LogP contribution in [0.3, 0.4) is 0 Å². The van der Waals surface area contributed by atoms with E-state index in [0.29, 0.717) is 0 Å². The summed E-state index contributed by atoms with van der Waals surface area (Å²) in [5.74, 6) is 0. The average molecular weight is 352 g/mol. The third-order valence-electron chi connectivity index (χ3n) is 3.97. The lowest BCUT2D eigenvalue weighted by Crippen LogP contribution is -1.91. The highest BCUT2D eigenvalue weighted by molar-refractivity contribution is 5.66. The van der Waals surface area contributed by atoms with Gasteiger partial charge in [-0.05, 0) is 63.1 Å². The van der Waals surface area contributed by atoms with E-state index in [1.54, 1.807) is 6.20 Å². The average Bonchev–Trinajstić information content (AvgIpc) is 2.64. The lowest BCUT2D eigenvalue weighted by atomic mass is 9.96. The van der Waals surface area contributed by atoms with Gasteiger partial charge in [0.15, 0.2) is 0 Å². The van der Waals surface area contributed by atoms with Crippen LogP contribution >= 0.6 is 0 Å². The molecule has 0 saturated carbocycles. The summed E-state index contributed by atoms with van der Waals surface area (Å²) in [7, 11) is 0. The van der Waals surface area contributed by atoms with Crippen LogP contribution < -0.4 is 5.73 Å². The summed E-state index contributed by atoms with van der Waals surface area (Å²) in [5, 5.41) is 0. The topological polar surface area (TPSA) is 26.0 Å². The number of hydrogen-bond acceptors (Lipinski definition) is 1. The minimum absolute atomic E-state index is 0.953. The molecule has 26 heavy (non-hydrogen) atoms. The first-order valence-electron chi connectivity index (χ1n) is 9.72. The third-order valence-corrected chi connectivity index (χ3v) is 3.97. The maximum absolute atomic E-state index is 5.47. The Hall–Kier alpha value is -2.28. The van der Waals surface area contributed by atoms with Gasteiger partial charge < -0.3 is 5.73 Å². The van der Waals surface area contributed by atoms with E-state index < -0.39 is 0 Å². The van der Waals surface area contributed by atoms with E-state index in [4.69, 9.17) is 5.73 Å². The van der Waals surface area contributed by atoms with E-state index in [0.717, 1.165) is 6.42 Å².